The first-order chi connectivity index (χ1) is 13.6. The van der Waals surface area contributed by atoms with Crippen molar-refractivity contribution in [3.8, 4) is 11.4 Å². The van der Waals surface area contributed by atoms with E-state index in [1.807, 2.05) is 0 Å². The van der Waals surface area contributed by atoms with Crippen molar-refractivity contribution in [1.29, 1.82) is 0 Å². The Kier molecular flexibility index (Phi) is 4.36. The molecule has 0 atom stereocenters. The van der Waals surface area contributed by atoms with E-state index in [1.54, 1.807) is 48.5 Å². The van der Waals surface area contributed by atoms with E-state index < -0.39 is 28.5 Å². The Balaban J connectivity index is 1.96. The number of amides is 1. The number of benzene rings is 2. The SMILES string of the molecule is O=C(Nn1nc(-c2ccccn2)c2c(F)ccc(F)c2c1=O)c1ccccc1. The van der Waals surface area contributed by atoms with Crippen molar-refractivity contribution < 1.29 is 13.6 Å². The minimum atomic E-state index is -0.990. The lowest BCUT2D eigenvalue weighted by Gasteiger charge is -2.12. The van der Waals surface area contributed by atoms with Crippen LogP contribution in [0.15, 0.2) is 71.7 Å². The highest BCUT2D eigenvalue weighted by atomic mass is 19.1. The molecule has 2 heterocycles. The lowest BCUT2D eigenvalue weighted by Crippen LogP contribution is -2.36. The molecule has 6 nitrogen and oxygen atoms in total. The molecule has 0 aliphatic carbocycles. The maximum atomic E-state index is 14.5. The van der Waals surface area contributed by atoms with Crippen molar-refractivity contribution in [2.24, 2.45) is 0 Å². The van der Waals surface area contributed by atoms with Crippen LogP contribution in [0.3, 0.4) is 0 Å². The van der Waals surface area contributed by atoms with Crippen molar-refractivity contribution >= 4 is 16.7 Å². The van der Waals surface area contributed by atoms with Gasteiger partial charge in [0.15, 0.2) is 0 Å². The minimum Gasteiger partial charge on any atom is -0.267 e. The van der Waals surface area contributed by atoms with Crippen LogP contribution in [0.2, 0.25) is 0 Å². The number of carbonyl (C=O) groups excluding carboxylic acids is 1. The van der Waals surface area contributed by atoms with E-state index >= 15 is 0 Å². The monoisotopic (exact) mass is 378 g/mol. The molecule has 0 saturated heterocycles. The van der Waals surface area contributed by atoms with Crippen LogP contribution in [0, 0.1) is 11.6 Å². The summed E-state index contributed by atoms with van der Waals surface area (Å²) in [6.07, 6.45) is 1.46. The first-order valence-electron chi connectivity index (χ1n) is 8.25. The molecular formula is C20H12F2N4O2. The van der Waals surface area contributed by atoms with Crippen molar-refractivity contribution in [1.82, 2.24) is 14.9 Å². The van der Waals surface area contributed by atoms with Gasteiger partial charge in [0, 0.05) is 11.8 Å². The molecule has 0 spiro atoms. The molecule has 4 aromatic rings. The Morgan fingerprint density at radius 2 is 1.57 bits per heavy atom. The van der Waals surface area contributed by atoms with Crippen LogP contribution >= 0.6 is 0 Å². The number of hydrogen-bond acceptors (Lipinski definition) is 4. The van der Waals surface area contributed by atoms with Gasteiger partial charge in [0.2, 0.25) is 0 Å². The standard InChI is InChI=1S/C20H12F2N4O2/c21-13-9-10-14(22)17-16(13)18(15-8-4-5-11-23-15)24-26(20(17)28)25-19(27)12-6-2-1-3-7-12/h1-11H,(H,25,27). The fraction of sp³-hybridized carbons (Fsp3) is 0. The highest BCUT2D eigenvalue weighted by Crippen LogP contribution is 2.26. The summed E-state index contributed by atoms with van der Waals surface area (Å²) >= 11 is 0. The minimum absolute atomic E-state index is 0.0689. The summed E-state index contributed by atoms with van der Waals surface area (Å²) in [7, 11) is 0. The normalized spacial score (nSPS) is 10.8. The number of aromatic nitrogens is 3. The maximum Gasteiger partial charge on any atom is 0.297 e. The lowest BCUT2D eigenvalue weighted by atomic mass is 10.1. The highest BCUT2D eigenvalue weighted by Gasteiger charge is 2.21. The van der Waals surface area contributed by atoms with Crippen LogP contribution < -0.4 is 11.0 Å². The molecule has 0 saturated carbocycles. The Labute approximate surface area is 157 Å². The van der Waals surface area contributed by atoms with Gasteiger partial charge in [-0.2, -0.15) is 0 Å². The molecule has 0 fully saturated rings. The molecule has 1 amide bonds. The predicted molar refractivity (Wildman–Crippen MR) is 99.3 cm³/mol. The number of halogens is 2. The molecule has 1 N–H and O–H groups in total. The van der Waals surface area contributed by atoms with Crippen molar-refractivity contribution in [2.45, 2.75) is 0 Å². The summed E-state index contributed by atoms with van der Waals surface area (Å²) in [5.41, 5.74) is 1.75. The van der Waals surface area contributed by atoms with E-state index in [0.717, 1.165) is 12.1 Å². The third kappa shape index (κ3) is 3.01. The fourth-order valence-corrected chi connectivity index (χ4v) is 2.80. The molecule has 0 aliphatic heterocycles. The zero-order valence-electron chi connectivity index (χ0n) is 14.3. The molecule has 138 valence electrons. The molecule has 0 radical (unpaired) electrons. The predicted octanol–water partition coefficient (Wildman–Crippen LogP) is 3.12. The third-order valence-corrected chi connectivity index (χ3v) is 4.10. The summed E-state index contributed by atoms with van der Waals surface area (Å²) in [6, 6.07) is 14.7. The van der Waals surface area contributed by atoms with E-state index in [9.17, 15) is 18.4 Å². The zero-order valence-corrected chi connectivity index (χ0v) is 14.3. The van der Waals surface area contributed by atoms with E-state index in [4.69, 9.17) is 0 Å². The number of carbonyl (C=O) groups is 1. The third-order valence-electron chi connectivity index (χ3n) is 4.10. The first-order valence-corrected chi connectivity index (χ1v) is 8.25. The Bertz CT molecular complexity index is 1240. The second-order valence-electron chi connectivity index (χ2n) is 5.87. The zero-order chi connectivity index (χ0) is 19.7. The molecule has 28 heavy (non-hydrogen) atoms. The number of nitrogens with one attached hydrogen (secondary N) is 1. The average molecular weight is 378 g/mol. The van der Waals surface area contributed by atoms with Gasteiger partial charge in [-0.1, -0.05) is 24.3 Å². The molecule has 8 heteroatoms. The van der Waals surface area contributed by atoms with Gasteiger partial charge in [0.25, 0.3) is 11.5 Å². The summed E-state index contributed by atoms with van der Waals surface area (Å²) in [5, 5.41) is 3.22. The summed E-state index contributed by atoms with van der Waals surface area (Å²) in [5.74, 6) is -2.37. The molecule has 2 aromatic heterocycles. The second kappa shape index (κ2) is 6.99. The number of pyridine rings is 1. The topological polar surface area (TPSA) is 76.9 Å². The Morgan fingerprint density at radius 1 is 0.893 bits per heavy atom. The van der Waals surface area contributed by atoms with Crippen LogP contribution in [0.4, 0.5) is 8.78 Å². The molecule has 0 aliphatic rings. The van der Waals surface area contributed by atoms with Crippen molar-refractivity contribution in [3.63, 3.8) is 0 Å². The van der Waals surface area contributed by atoms with Gasteiger partial charge >= 0.3 is 0 Å². The van der Waals surface area contributed by atoms with Gasteiger partial charge in [-0.05, 0) is 36.4 Å². The van der Waals surface area contributed by atoms with E-state index in [1.165, 1.54) is 6.20 Å². The van der Waals surface area contributed by atoms with Gasteiger partial charge in [0.05, 0.1) is 16.5 Å². The van der Waals surface area contributed by atoms with E-state index in [0.29, 0.717) is 4.79 Å². The molecule has 0 unspecified atom stereocenters. The van der Waals surface area contributed by atoms with Crippen LogP contribution in [0.1, 0.15) is 10.4 Å². The summed E-state index contributed by atoms with van der Waals surface area (Å²) < 4.78 is 28.9. The molecule has 4 rings (SSSR count). The van der Waals surface area contributed by atoms with Crippen LogP contribution in [-0.2, 0) is 0 Å². The van der Waals surface area contributed by atoms with Crippen LogP contribution in [-0.4, -0.2) is 20.8 Å². The quantitative estimate of drug-likeness (QED) is 0.594. The highest BCUT2D eigenvalue weighted by molar-refractivity contribution is 6.00. The summed E-state index contributed by atoms with van der Waals surface area (Å²) in [6.45, 7) is 0. The molecular weight excluding hydrogens is 366 g/mol. The van der Waals surface area contributed by atoms with Gasteiger partial charge in [0.1, 0.15) is 17.3 Å². The number of rotatable bonds is 3. The van der Waals surface area contributed by atoms with Crippen LogP contribution in [0.25, 0.3) is 22.2 Å². The van der Waals surface area contributed by atoms with Crippen molar-refractivity contribution in [2.75, 3.05) is 5.43 Å². The fourth-order valence-electron chi connectivity index (χ4n) is 2.80. The Morgan fingerprint density at radius 3 is 2.25 bits per heavy atom. The molecule has 2 aromatic carbocycles. The van der Waals surface area contributed by atoms with E-state index in [2.05, 4.69) is 15.5 Å². The number of hydrogen-bond donors (Lipinski definition) is 1. The molecule has 0 bridgehead atoms. The summed E-state index contributed by atoms with van der Waals surface area (Å²) in [4.78, 5) is 29.8. The number of fused-ring (bicyclic) bond motifs is 1. The first kappa shape index (κ1) is 17.5. The van der Waals surface area contributed by atoms with Gasteiger partial charge in [-0.25, -0.2) is 14.2 Å². The second-order valence-corrected chi connectivity index (χ2v) is 5.87. The largest absolute Gasteiger partial charge is 0.297 e. The van der Waals surface area contributed by atoms with Gasteiger partial charge in [-0.3, -0.25) is 14.6 Å². The lowest BCUT2D eigenvalue weighted by molar-refractivity contribution is 0.100. The van der Waals surface area contributed by atoms with Gasteiger partial charge in [-0.15, -0.1) is 9.89 Å². The average Bonchev–Trinajstić information content (AvgIpc) is 2.73. The Hall–Kier alpha value is -3.94. The van der Waals surface area contributed by atoms with Crippen molar-refractivity contribution in [3.05, 3.63) is 94.4 Å². The van der Waals surface area contributed by atoms with E-state index in [-0.39, 0.29) is 22.3 Å². The maximum absolute atomic E-state index is 14.5. The number of nitrogens with zero attached hydrogens (tertiary/aromatic N) is 3. The van der Waals surface area contributed by atoms with Crippen LogP contribution in [0.5, 0.6) is 0 Å². The smallest absolute Gasteiger partial charge is 0.267 e. The van der Waals surface area contributed by atoms with Gasteiger partial charge < -0.3 is 0 Å².